The van der Waals surface area contributed by atoms with Gasteiger partial charge in [-0.25, -0.2) is 13.6 Å². The molecule has 160 valence electrons. The second kappa shape index (κ2) is 8.74. The number of hydrogen-bond donors (Lipinski definition) is 3. The number of aliphatic carboxylic acids is 1. The maximum absolute atomic E-state index is 12.6. The molecule has 3 heterocycles. The number of rotatable bonds is 7. The Morgan fingerprint density at radius 2 is 2.23 bits per heavy atom. The van der Waals surface area contributed by atoms with Crippen LogP contribution in [0.25, 0.3) is 0 Å². The third kappa shape index (κ3) is 4.11. The van der Waals surface area contributed by atoms with Crippen molar-refractivity contribution in [2.45, 2.75) is 17.8 Å². The zero-order valence-corrected chi connectivity index (χ0v) is 16.7. The number of carbonyl (C=O) groups excluding carboxylic acids is 2. The molecule has 2 amide bonds. The fourth-order valence-electron chi connectivity index (χ4n) is 2.78. The van der Waals surface area contributed by atoms with E-state index >= 15 is 0 Å². The van der Waals surface area contributed by atoms with E-state index in [9.17, 15) is 28.3 Å². The van der Waals surface area contributed by atoms with Crippen molar-refractivity contribution in [2.75, 3.05) is 18.6 Å². The number of carbonyl (C=O) groups is 3. The molecule has 1 fully saturated rings. The van der Waals surface area contributed by atoms with Gasteiger partial charge in [-0.1, -0.05) is 11.2 Å². The Bertz CT molecular complexity index is 978. The number of nitrogens with two attached hydrogens (primary N) is 1. The predicted molar refractivity (Wildman–Crippen MR) is 103 cm³/mol. The summed E-state index contributed by atoms with van der Waals surface area (Å²) >= 11 is 1.96. The average molecular weight is 460 g/mol. The van der Waals surface area contributed by atoms with Gasteiger partial charge < -0.3 is 21.0 Å². The lowest BCUT2D eigenvalue weighted by molar-refractivity contribution is -0.150. The summed E-state index contributed by atoms with van der Waals surface area (Å²) in [5.74, 6) is -2.99. The summed E-state index contributed by atoms with van der Waals surface area (Å²) in [6, 6.07) is -1.06. The van der Waals surface area contributed by atoms with Crippen LogP contribution >= 0.6 is 23.3 Å². The number of halogens is 2. The first-order valence-corrected chi connectivity index (χ1v) is 9.95. The number of allylic oxidation sites excluding steroid dienone is 2. The first-order chi connectivity index (χ1) is 14.2. The van der Waals surface area contributed by atoms with Crippen molar-refractivity contribution in [1.82, 2.24) is 19.6 Å². The van der Waals surface area contributed by atoms with Gasteiger partial charge in [0.2, 0.25) is 11.5 Å². The molecule has 0 bridgehead atoms. The molecule has 3 rings (SSSR count). The predicted octanol–water partition coefficient (Wildman–Crippen LogP) is 0.0307. The minimum Gasteiger partial charge on any atom is -0.477 e. The minimum atomic E-state index is -2.76. The zero-order chi connectivity index (χ0) is 22.0. The minimum absolute atomic E-state index is 0.0643. The smallest absolute Gasteiger partial charge is 0.352 e. The van der Waals surface area contributed by atoms with Gasteiger partial charge in [0, 0.05) is 17.3 Å². The van der Waals surface area contributed by atoms with Gasteiger partial charge in [0.15, 0.2) is 5.13 Å². The number of oxime groups is 1. The number of nitrogens with one attached hydrogen (secondary N) is 1. The maximum Gasteiger partial charge on any atom is 0.352 e. The Morgan fingerprint density at radius 1 is 1.50 bits per heavy atom. The molecule has 1 saturated heterocycles. The normalized spacial score (nSPS) is 21.7. The SMILES string of the molecule is CO/N=C(\C(=O)N[C@@H]1C(=O)N2C(C(=O)O)=C(/C=C\C(F)F)CS[C@H]12)c1nsc(N)n1. The van der Waals surface area contributed by atoms with Crippen LogP contribution in [-0.2, 0) is 19.2 Å². The number of aromatic nitrogens is 2. The summed E-state index contributed by atoms with van der Waals surface area (Å²) in [5, 5.41) is 14.8. The Morgan fingerprint density at radius 3 is 2.80 bits per heavy atom. The van der Waals surface area contributed by atoms with Crippen LogP contribution < -0.4 is 11.1 Å². The monoisotopic (exact) mass is 460 g/mol. The van der Waals surface area contributed by atoms with Gasteiger partial charge in [-0.15, -0.1) is 11.8 Å². The second-order valence-corrected chi connectivity index (χ2v) is 7.70. The first kappa shape index (κ1) is 21.6. The molecule has 15 heteroatoms. The highest BCUT2D eigenvalue weighted by Crippen LogP contribution is 2.40. The third-order valence-electron chi connectivity index (χ3n) is 3.98. The van der Waals surface area contributed by atoms with E-state index in [0.717, 1.165) is 34.3 Å². The van der Waals surface area contributed by atoms with E-state index in [1.165, 1.54) is 7.11 Å². The number of amides is 2. The van der Waals surface area contributed by atoms with Gasteiger partial charge in [-0.3, -0.25) is 14.5 Å². The van der Waals surface area contributed by atoms with Crippen molar-refractivity contribution in [3.8, 4) is 0 Å². The summed E-state index contributed by atoms with van der Waals surface area (Å²) in [5.41, 5.74) is 4.87. The summed E-state index contributed by atoms with van der Waals surface area (Å²) < 4.78 is 28.7. The Balaban J connectivity index is 1.80. The van der Waals surface area contributed by atoms with Crippen LogP contribution in [0.5, 0.6) is 0 Å². The summed E-state index contributed by atoms with van der Waals surface area (Å²) in [7, 11) is 1.20. The van der Waals surface area contributed by atoms with Crippen LogP contribution in [0.15, 0.2) is 28.6 Å². The van der Waals surface area contributed by atoms with E-state index in [1.54, 1.807) is 0 Å². The molecule has 0 spiro atoms. The van der Waals surface area contributed by atoms with Crippen molar-refractivity contribution in [2.24, 2.45) is 5.16 Å². The van der Waals surface area contributed by atoms with E-state index < -0.39 is 41.3 Å². The van der Waals surface area contributed by atoms with E-state index in [4.69, 9.17) is 5.73 Å². The molecule has 0 unspecified atom stereocenters. The molecule has 2 atom stereocenters. The van der Waals surface area contributed by atoms with Crippen molar-refractivity contribution in [3.63, 3.8) is 0 Å². The standard InChI is InChI=1S/C15H14F2N6O5S2/c1-28-21-7(10-20-15(18)30-22-10)11(24)19-8-12(25)23-9(14(26)27)5(2-3-6(16)17)4-29-13(8)23/h2-3,6,8,13H,4H2,1H3,(H,19,24)(H,26,27)(H2,18,20,22)/b3-2-,21-7-/t8-,13-/m1/s1. The Labute approximate surface area is 175 Å². The van der Waals surface area contributed by atoms with Gasteiger partial charge in [0.25, 0.3) is 18.2 Å². The number of anilines is 1. The Kier molecular flexibility index (Phi) is 6.31. The summed E-state index contributed by atoms with van der Waals surface area (Å²) in [6.07, 6.45) is -1.23. The van der Waals surface area contributed by atoms with Crippen LogP contribution in [0, 0.1) is 0 Å². The molecule has 2 aliphatic heterocycles. The molecule has 1 aromatic heterocycles. The molecule has 1 aromatic rings. The number of fused-ring (bicyclic) bond motifs is 1. The van der Waals surface area contributed by atoms with Crippen molar-refractivity contribution >= 4 is 51.9 Å². The molecule has 11 nitrogen and oxygen atoms in total. The number of hydrogen-bond acceptors (Lipinski definition) is 10. The van der Waals surface area contributed by atoms with Gasteiger partial charge in [0.1, 0.15) is 24.2 Å². The number of nitrogen functional groups attached to an aromatic ring is 1. The molecular formula is C15H14F2N6O5S2. The zero-order valence-electron chi connectivity index (χ0n) is 15.1. The molecule has 4 N–H and O–H groups in total. The van der Waals surface area contributed by atoms with E-state index in [0.29, 0.717) is 6.08 Å². The van der Waals surface area contributed by atoms with Crippen LogP contribution in [0.4, 0.5) is 13.9 Å². The molecule has 0 aliphatic carbocycles. The molecular weight excluding hydrogens is 446 g/mol. The quantitative estimate of drug-likeness (QED) is 0.290. The molecule has 0 aromatic carbocycles. The lowest BCUT2D eigenvalue weighted by atomic mass is 10.0. The third-order valence-corrected chi connectivity index (χ3v) is 5.83. The van der Waals surface area contributed by atoms with Gasteiger partial charge in [-0.05, 0) is 11.6 Å². The van der Waals surface area contributed by atoms with Crippen LogP contribution in [0.3, 0.4) is 0 Å². The number of β-lactam (4-membered cyclic amide) rings is 1. The second-order valence-electron chi connectivity index (χ2n) is 5.81. The van der Waals surface area contributed by atoms with Crippen molar-refractivity contribution in [3.05, 3.63) is 29.2 Å². The lowest BCUT2D eigenvalue weighted by Gasteiger charge is -2.49. The molecule has 0 saturated carbocycles. The fourth-order valence-corrected chi connectivity index (χ4v) is 4.53. The van der Waals surface area contributed by atoms with Crippen LogP contribution in [0.1, 0.15) is 5.82 Å². The van der Waals surface area contributed by atoms with Crippen LogP contribution in [-0.4, -0.2) is 73.6 Å². The van der Waals surface area contributed by atoms with Gasteiger partial charge in [-0.2, -0.15) is 9.36 Å². The number of carboxylic acid groups (broad SMARTS) is 1. The van der Waals surface area contributed by atoms with E-state index in [1.807, 2.05) is 0 Å². The topological polar surface area (TPSA) is 160 Å². The number of carboxylic acids is 1. The van der Waals surface area contributed by atoms with Gasteiger partial charge >= 0.3 is 5.97 Å². The van der Waals surface area contributed by atoms with Crippen molar-refractivity contribution in [1.29, 1.82) is 0 Å². The fraction of sp³-hybridized carbons (Fsp3) is 0.333. The summed E-state index contributed by atoms with van der Waals surface area (Å²) in [6.45, 7) is 0. The van der Waals surface area contributed by atoms with E-state index in [2.05, 4.69) is 24.7 Å². The maximum atomic E-state index is 12.6. The summed E-state index contributed by atoms with van der Waals surface area (Å²) in [4.78, 5) is 46.2. The first-order valence-electron chi connectivity index (χ1n) is 8.13. The number of thioether (sulfide) groups is 1. The Hall–Kier alpha value is -3.07. The van der Waals surface area contributed by atoms with Crippen LogP contribution in [0.2, 0.25) is 0 Å². The molecule has 30 heavy (non-hydrogen) atoms. The molecule has 0 radical (unpaired) electrons. The number of nitrogens with zero attached hydrogens (tertiary/aromatic N) is 4. The highest BCUT2D eigenvalue weighted by Gasteiger charge is 2.54. The van der Waals surface area contributed by atoms with E-state index in [-0.39, 0.29) is 28.0 Å². The average Bonchev–Trinajstić information content (AvgIpc) is 3.13. The lowest BCUT2D eigenvalue weighted by Crippen LogP contribution is -2.71. The van der Waals surface area contributed by atoms with Crippen molar-refractivity contribution < 1.29 is 33.1 Å². The highest BCUT2D eigenvalue weighted by molar-refractivity contribution is 8.00. The number of alkyl halides is 2. The van der Waals surface area contributed by atoms with Gasteiger partial charge in [0.05, 0.1) is 0 Å². The molecule has 2 aliphatic rings. The largest absolute Gasteiger partial charge is 0.477 e. The highest BCUT2D eigenvalue weighted by atomic mass is 32.2.